The molecule has 0 aliphatic rings. The van der Waals surface area contributed by atoms with Crippen molar-refractivity contribution in [1.29, 1.82) is 0 Å². The molecular weight excluding hydrogens is 436 g/mol. The van der Waals surface area contributed by atoms with Gasteiger partial charge < -0.3 is 14.2 Å². The average Bonchev–Trinajstić information content (AvgIpc) is 3.21. The van der Waals surface area contributed by atoms with Gasteiger partial charge in [-0.25, -0.2) is 0 Å². The number of fused-ring (bicyclic) bond motifs is 1. The number of ketones is 1. The third-order valence-corrected chi connectivity index (χ3v) is 6.31. The topological polar surface area (TPSA) is 51.5 Å². The highest BCUT2D eigenvalue weighted by Gasteiger charge is 2.20. The Morgan fingerprint density at radius 2 is 1.57 bits per heavy atom. The molecule has 2 aromatic carbocycles. The van der Waals surface area contributed by atoms with Crippen molar-refractivity contribution in [3.8, 4) is 5.75 Å². The molecule has 5 nitrogen and oxygen atoms in total. The smallest absolute Gasteiger partial charge is 0.242 e. The SMILES string of the molecule is C.CCCCN(CCCC)C(=O)Cn1cc(C(=O)c2ccc(CCC)cc2)c2ccc(OC)cc21. The van der Waals surface area contributed by atoms with Gasteiger partial charge in [0.05, 0.1) is 12.6 Å². The number of amides is 1. The van der Waals surface area contributed by atoms with Gasteiger partial charge in [0.1, 0.15) is 12.3 Å². The van der Waals surface area contributed by atoms with Crippen molar-refractivity contribution in [1.82, 2.24) is 9.47 Å². The van der Waals surface area contributed by atoms with E-state index in [1.54, 1.807) is 7.11 Å². The Bertz CT molecular complexity index is 1090. The average molecular weight is 479 g/mol. The lowest BCUT2D eigenvalue weighted by Gasteiger charge is -2.23. The molecule has 0 radical (unpaired) electrons. The summed E-state index contributed by atoms with van der Waals surface area (Å²) in [5.74, 6) is 0.763. The largest absolute Gasteiger partial charge is 0.497 e. The van der Waals surface area contributed by atoms with Gasteiger partial charge in [-0.05, 0) is 37.0 Å². The number of hydrogen-bond donors (Lipinski definition) is 0. The number of ether oxygens (including phenoxy) is 1. The van der Waals surface area contributed by atoms with Gasteiger partial charge >= 0.3 is 0 Å². The number of aromatic nitrogens is 1. The third kappa shape index (κ3) is 6.97. The van der Waals surface area contributed by atoms with E-state index in [1.807, 2.05) is 58.1 Å². The second-order valence-corrected chi connectivity index (χ2v) is 8.92. The van der Waals surface area contributed by atoms with Crippen molar-refractivity contribution in [2.75, 3.05) is 20.2 Å². The van der Waals surface area contributed by atoms with E-state index in [1.165, 1.54) is 5.56 Å². The van der Waals surface area contributed by atoms with Crippen LogP contribution in [0, 0.1) is 0 Å². The summed E-state index contributed by atoms with van der Waals surface area (Å²) >= 11 is 0. The molecule has 0 aliphatic heterocycles. The van der Waals surface area contributed by atoms with Crippen LogP contribution in [-0.2, 0) is 17.8 Å². The maximum atomic E-state index is 13.5. The first-order chi connectivity index (χ1) is 16.5. The zero-order valence-corrected chi connectivity index (χ0v) is 21.1. The van der Waals surface area contributed by atoms with Crippen LogP contribution < -0.4 is 4.74 Å². The van der Waals surface area contributed by atoms with Crippen LogP contribution in [0.15, 0.2) is 48.7 Å². The fourth-order valence-corrected chi connectivity index (χ4v) is 4.28. The Kier molecular flexibility index (Phi) is 11.0. The zero-order chi connectivity index (χ0) is 24.5. The fraction of sp³-hybridized carbons (Fsp3) is 0.467. The minimum atomic E-state index is -0.0294. The monoisotopic (exact) mass is 478 g/mol. The fourth-order valence-electron chi connectivity index (χ4n) is 4.28. The number of nitrogens with zero attached hydrogens (tertiary/aromatic N) is 2. The van der Waals surface area contributed by atoms with Crippen molar-refractivity contribution in [3.63, 3.8) is 0 Å². The summed E-state index contributed by atoms with van der Waals surface area (Å²) in [4.78, 5) is 28.7. The summed E-state index contributed by atoms with van der Waals surface area (Å²) in [6.07, 6.45) is 8.00. The molecule has 0 saturated carbocycles. The first-order valence-corrected chi connectivity index (χ1v) is 12.6. The van der Waals surface area contributed by atoms with Crippen LogP contribution in [0.2, 0.25) is 0 Å². The minimum Gasteiger partial charge on any atom is -0.497 e. The second-order valence-electron chi connectivity index (χ2n) is 8.92. The standard InChI is InChI=1S/C29H38N2O3.CH4/c1-5-8-17-30(18-9-6-2)28(32)21-31-20-26(25-16-15-24(34-4)19-27(25)31)29(33)23-13-11-22(10-7-3)12-14-23;/h11-16,19-20H,5-10,17-18,21H2,1-4H3;1H4. The van der Waals surface area contributed by atoms with Gasteiger partial charge in [0.25, 0.3) is 0 Å². The lowest BCUT2D eigenvalue weighted by molar-refractivity contribution is -0.131. The predicted molar refractivity (Wildman–Crippen MR) is 145 cm³/mol. The van der Waals surface area contributed by atoms with Gasteiger partial charge in [0, 0.05) is 41.9 Å². The van der Waals surface area contributed by atoms with E-state index in [-0.39, 0.29) is 25.7 Å². The maximum Gasteiger partial charge on any atom is 0.242 e. The van der Waals surface area contributed by atoms with E-state index in [2.05, 4.69) is 20.8 Å². The molecule has 0 spiro atoms. The summed E-state index contributed by atoms with van der Waals surface area (Å²) in [7, 11) is 1.63. The molecule has 35 heavy (non-hydrogen) atoms. The number of methoxy groups -OCH3 is 1. The Hall–Kier alpha value is -3.08. The normalized spacial score (nSPS) is 10.7. The van der Waals surface area contributed by atoms with E-state index >= 15 is 0 Å². The van der Waals surface area contributed by atoms with Gasteiger partial charge in [-0.15, -0.1) is 0 Å². The van der Waals surface area contributed by atoms with Crippen LogP contribution in [0.25, 0.3) is 10.9 Å². The molecule has 1 heterocycles. The number of rotatable bonds is 13. The number of carbonyl (C=O) groups excluding carboxylic acids is 2. The van der Waals surface area contributed by atoms with Crippen LogP contribution in [0.4, 0.5) is 0 Å². The molecule has 0 fully saturated rings. The first-order valence-electron chi connectivity index (χ1n) is 12.6. The van der Waals surface area contributed by atoms with Gasteiger partial charge in [-0.3, -0.25) is 9.59 Å². The molecule has 0 bridgehead atoms. The molecule has 0 atom stereocenters. The molecule has 0 saturated heterocycles. The summed E-state index contributed by atoms with van der Waals surface area (Å²) < 4.78 is 7.34. The number of hydrogen-bond acceptors (Lipinski definition) is 3. The van der Waals surface area contributed by atoms with Gasteiger partial charge in [0.2, 0.25) is 5.91 Å². The maximum absolute atomic E-state index is 13.5. The predicted octanol–water partition coefficient (Wildman–Crippen LogP) is 6.90. The Labute approximate surface area is 211 Å². The molecular formula is C30H42N2O3. The number of aryl methyl sites for hydroxylation is 1. The van der Waals surface area contributed by atoms with E-state index in [0.29, 0.717) is 16.9 Å². The lowest BCUT2D eigenvalue weighted by atomic mass is 10.0. The van der Waals surface area contributed by atoms with E-state index < -0.39 is 0 Å². The van der Waals surface area contributed by atoms with Crippen molar-refractivity contribution >= 4 is 22.6 Å². The van der Waals surface area contributed by atoms with Crippen LogP contribution >= 0.6 is 0 Å². The number of unbranched alkanes of at least 4 members (excludes halogenated alkanes) is 2. The van der Waals surface area contributed by atoms with Crippen LogP contribution in [0.5, 0.6) is 5.75 Å². The molecule has 5 heteroatoms. The Balaban J connectivity index is 0.00000432. The van der Waals surface area contributed by atoms with Gasteiger partial charge in [-0.2, -0.15) is 0 Å². The van der Waals surface area contributed by atoms with Gasteiger partial charge in [-0.1, -0.05) is 71.7 Å². The summed E-state index contributed by atoms with van der Waals surface area (Å²) in [6.45, 7) is 8.18. The molecule has 3 aromatic rings. The first kappa shape index (κ1) is 28.2. The van der Waals surface area contributed by atoms with Crippen molar-refractivity contribution < 1.29 is 14.3 Å². The summed E-state index contributed by atoms with van der Waals surface area (Å²) in [5.41, 5.74) is 3.34. The molecule has 0 unspecified atom stereocenters. The quantitative estimate of drug-likeness (QED) is 0.251. The summed E-state index contributed by atoms with van der Waals surface area (Å²) in [6, 6.07) is 13.6. The highest BCUT2D eigenvalue weighted by molar-refractivity contribution is 6.16. The van der Waals surface area contributed by atoms with Crippen LogP contribution in [0.3, 0.4) is 0 Å². The highest BCUT2D eigenvalue weighted by Crippen LogP contribution is 2.28. The zero-order valence-electron chi connectivity index (χ0n) is 21.1. The molecule has 1 aromatic heterocycles. The summed E-state index contributed by atoms with van der Waals surface area (Å²) in [5, 5.41) is 0.838. The third-order valence-electron chi connectivity index (χ3n) is 6.31. The van der Waals surface area contributed by atoms with Crippen LogP contribution in [0.1, 0.15) is 81.8 Å². The molecule has 3 rings (SSSR count). The van der Waals surface area contributed by atoms with Crippen molar-refractivity contribution in [2.24, 2.45) is 0 Å². The van der Waals surface area contributed by atoms with Crippen molar-refractivity contribution in [2.45, 2.75) is 73.3 Å². The van der Waals surface area contributed by atoms with E-state index in [4.69, 9.17) is 4.74 Å². The molecule has 0 aliphatic carbocycles. The molecule has 190 valence electrons. The van der Waals surface area contributed by atoms with E-state index in [9.17, 15) is 9.59 Å². The number of benzene rings is 2. The van der Waals surface area contributed by atoms with E-state index in [0.717, 1.165) is 62.5 Å². The second kappa shape index (κ2) is 13.7. The van der Waals surface area contributed by atoms with Crippen LogP contribution in [-0.4, -0.2) is 41.4 Å². The molecule has 0 N–H and O–H groups in total. The minimum absolute atomic E-state index is 0. The Morgan fingerprint density at radius 1 is 0.914 bits per heavy atom. The van der Waals surface area contributed by atoms with Crippen molar-refractivity contribution in [3.05, 3.63) is 65.4 Å². The Morgan fingerprint density at radius 3 is 2.14 bits per heavy atom. The lowest BCUT2D eigenvalue weighted by Crippen LogP contribution is -2.35. The highest BCUT2D eigenvalue weighted by atomic mass is 16.5. The number of carbonyl (C=O) groups is 2. The van der Waals surface area contributed by atoms with Gasteiger partial charge in [0.15, 0.2) is 5.78 Å². The molecule has 1 amide bonds.